The van der Waals surface area contributed by atoms with Crippen LogP contribution < -0.4 is 4.74 Å². The number of hydrogen-bond donors (Lipinski definition) is 0. The molecule has 0 spiro atoms. The van der Waals surface area contributed by atoms with Crippen molar-refractivity contribution in [3.05, 3.63) is 59.7 Å². The summed E-state index contributed by atoms with van der Waals surface area (Å²) in [4.78, 5) is 24.3. The Morgan fingerprint density at radius 3 is 1.59 bits per heavy atom. The first-order valence-electron chi connectivity index (χ1n) is 6.36. The van der Waals surface area contributed by atoms with Crippen LogP contribution >= 0.6 is 0 Å². The number of Topliss-reactive ketones (excluding diaryl/α,β-unsaturated/α-hetero) is 2. The minimum absolute atomic E-state index is 0.0981. The van der Waals surface area contributed by atoms with Crippen molar-refractivity contribution >= 4 is 21.4 Å². The van der Waals surface area contributed by atoms with Gasteiger partial charge in [-0.2, -0.15) is 0 Å². The fraction of sp³-hybridized carbons (Fsp3) is 0.125. The average Bonchev–Trinajstić information content (AvgIpc) is 2.53. The maximum atomic E-state index is 12.1. The van der Waals surface area contributed by atoms with E-state index in [0.29, 0.717) is 5.75 Å². The number of methoxy groups -OCH3 is 1. The summed E-state index contributed by atoms with van der Waals surface area (Å²) >= 11 is 0. The highest BCUT2D eigenvalue weighted by Crippen LogP contribution is 2.15. The zero-order chi connectivity index (χ0) is 16.3. The standard InChI is InChI=1S/C16H14O5S/c1-21-13-7-3-11(4-8-13)15(17)16(18)12-5-9-14(10-6-12)22(2,19)20/h3-10H,1-2H3. The molecule has 0 radical (unpaired) electrons. The van der Waals surface area contributed by atoms with E-state index in [0.717, 1.165) is 6.26 Å². The monoisotopic (exact) mass is 318 g/mol. The van der Waals surface area contributed by atoms with Gasteiger partial charge in [0.2, 0.25) is 11.6 Å². The summed E-state index contributed by atoms with van der Waals surface area (Å²) in [6, 6.07) is 11.5. The first kappa shape index (κ1) is 15.9. The van der Waals surface area contributed by atoms with E-state index in [-0.39, 0.29) is 16.0 Å². The first-order valence-corrected chi connectivity index (χ1v) is 8.25. The molecule has 0 heterocycles. The van der Waals surface area contributed by atoms with Crippen molar-refractivity contribution in [1.82, 2.24) is 0 Å². The molecule has 0 aromatic heterocycles. The van der Waals surface area contributed by atoms with Gasteiger partial charge in [-0.15, -0.1) is 0 Å². The van der Waals surface area contributed by atoms with Gasteiger partial charge < -0.3 is 4.74 Å². The molecule has 0 aliphatic rings. The molecule has 2 rings (SSSR count). The summed E-state index contributed by atoms with van der Waals surface area (Å²) in [6.07, 6.45) is 1.08. The van der Waals surface area contributed by atoms with Crippen molar-refractivity contribution in [2.24, 2.45) is 0 Å². The van der Waals surface area contributed by atoms with Gasteiger partial charge in [0.25, 0.3) is 0 Å². The Balaban J connectivity index is 2.25. The predicted octanol–water partition coefficient (Wildman–Crippen LogP) is 2.16. The average molecular weight is 318 g/mol. The Hall–Kier alpha value is -2.47. The fourth-order valence-corrected chi connectivity index (χ4v) is 2.49. The number of benzene rings is 2. The summed E-state index contributed by atoms with van der Waals surface area (Å²) < 4.78 is 27.7. The van der Waals surface area contributed by atoms with Crippen molar-refractivity contribution in [2.45, 2.75) is 4.90 Å². The Kier molecular flexibility index (Phi) is 4.42. The molecule has 0 bridgehead atoms. The topological polar surface area (TPSA) is 77.5 Å². The molecular weight excluding hydrogens is 304 g/mol. The second-order valence-electron chi connectivity index (χ2n) is 4.68. The molecule has 0 atom stereocenters. The highest BCUT2D eigenvalue weighted by atomic mass is 32.2. The largest absolute Gasteiger partial charge is 0.497 e. The number of sulfone groups is 1. The molecule has 0 aliphatic heterocycles. The molecule has 0 saturated carbocycles. The molecule has 0 unspecified atom stereocenters. The molecule has 0 aliphatic carbocycles. The molecule has 5 nitrogen and oxygen atoms in total. The molecule has 22 heavy (non-hydrogen) atoms. The number of carbonyl (C=O) groups is 2. The molecular formula is C16H14O5S. The maximum absolute atomic E-state index is 12.1. The third-order valence-electron chi connectivity index (χ3n) is 3.10. The second kappa shape index (κ2) is 6.11. The molecule has 0 amide bonds. The van der Waals surface area contributed by atoms with Crippen molar-refractivity contribution in [3.8, 4) is 5.75 Å². The SMILES string of the molecule is COc1ccc(C(=O)C(=O)c2ccc(S(C)(=O)=O)cc2)cc1. The van der Waals surface area contributed by atoms with E-state index in [2.05, 4.69) is 0 Å². The van der Waals surface area contributed by atoms with E-state index >= 15 is 0 Å². The Morgan fingerprint density at radius 1 is 0.818 bits per heavy atom. The quantitative estimate of drug-likeness (QED) is 0.623. The van der Waals surface area contributed by atoms with Crippen LogP contribution in [0.1, 0.15) is 20.7 Å². The van der Waals surface area contributed by atoms with Crippen LogP contribution in [0.4, 0.5) is 0 Å². The van der Waals surface area contributed by atoms with E-state index in [9.17, 15) is 18.0 Å². The third kappa shape index (κ3) is 3.40. The number of ketones is 2. The van der Waals surface area contributed by atoms with Crippen LogP contribution in [0.25, 0.3) is 0 Å². The van der Waals surface area contributed by atoms with Gasteiger partial charge >= 0.3 is 0 Å². The van der Waals surface area contributed by atoms with Crippen LogP contribution in [0.5, 0.6) is 5.75 Å². The zero-order valence-corrected chi connectivity index (χ0v) is 12.9. The first-order chi connectivity index (χ1) is 10.3. The molecule has 0 N–H and O–H groups in total. The molecule has 2 aromatic rings. The zero-order valence-electron chi connectivity index (χ0n) is 12.1. The van der Waals surface area contributed by atoms with E-state index < -0.39 is 21.4 Å². The van der Waals surface area contributed by atoms with Gasteiger partial charge in [0.15, 0.2) is 9.84 Å². The molecule has 0 fully saturated rings. The van der Waals surface area contributed by atoms with Crippen molar-refractivity contribution < 1.29 is 22.7 Å². The van der Waals surface area contributed by atoms with E-state index in [4.69, 9.17) is 4.74 Å². The second-order valence-corrected chi connectivity index (χ2v) is 6.70. The van der Waals surface area contributed by atoms with Crippen molar-refractivity contribution in [2.75, 3.05) is 13.4 Å². The minimum Gasteiger partial charge on any atom is -0.497 e. The summed E-state index contributed by atoms with van der Waals surface area (Å²) in [5.41, 5.74) is 0.395. The van der Waals surface area contributed by atoms with Crippen LogP contribution in [0.15, 0.2) is 53.4 Å². The highest BCUT2D eigenvalue weighted by molar-refractivity contribution is 7.90. The highest BCUT2D eigenvalue weighted by Gasteiger charge is 2.19. The lowest BCUT2D eigenvalue weighted by molar-refractivity contribution is 0.0817. The van der Waals surface area contributed by atoms with Gasteiger partial charge in [-0.05, 0) is 48.5 Å². The number of rotatable bonds is 5. The lowest BCUT2D eigenvalue weighted by Crippen LogP contribution is -2.14. The number of ether oxygens (including phenoxy) is 1. The molecule has 0 saturated heterocycles. The van der Waals surface area contributed by atoms with Crippen molar-refractivity contribution in [1.29, 1.82) is 0 Å². The lowest BCUT2D eigenvalue weighted by atomic mass is 10.0. The summed E-state index contributed by atoms with van der Waals surface area (Å²) in [5, 5.41) is 0. The van der Waals surface area contributed by atoms with Crippen LogP contribution in [0, 0.1) is 0 Å². The lowest BCUT2D eigenvalue weighted by Gasteiger charge is -2.04. The van der Waals surface area contributed by atoms with Crippen LogP contribution in [0.2, 0.25) is 0 Å². The van der Waals surface area contributed by atoms with Gasteiger partial charge in [-0.25, -0.2) is 8.42 Å². The van der Waals surface area contributed by atoms with Crippen LogP contribution in [-0.2, 0) is 9.84 Å². The summed E-state index contributed by atoms with van der Waals surface area (Å²) in [7, 11) is -1.83. The van der Waals surface area contributed by atoms with Gasteiger partial charge in [-0.3, -0.25) is 9.59 Å². The van der Waals surface area contributed by atoms with E-state index in [1.165, 1.54) is 43.5 Å². The molecule has 114 valence electrons. The smallest absolute Gasteiger partial charge is 0.233 e. The Labute approximate surface area is 128 Å². The van der Waals surface area contributed by atoms with Gasteiger partial charge in [0, 0.05) is 17.4 Å². The summed E-state index contributed by atoms with van der Waals surface area (Å²) in [5.74, 6) is -0.763. The Morgan fingerprint density at radius 2 is 1.23 bits per heavy atom. The van der Waals surface area contributed by atoms with Crippen LogP contribution in [0.3, 0.4) is 0 Å². The third-order valence-corrected chi connectivity index (χ3v) is 4.23. The molecule has 6 heteroatoms. The Bertz CT molecular complexity index is 803. The number of hydrogen-bond acceptors (Lipinski definition) is 5. The van der Waals surface area contributed by atoms with Crippen molar-refractivity contribution in [3.63, 3.8) is 0 Å². The maximum Gasteiger partial charge on any atom is 0.233 e. The van der Waals surface area contributed by atoms with E-state index in [1.807, 2.05) is 0 Å². The summed E-state index contributed by atoms with van der Waals surface area (Å²) in [6.45, 7) is 0. The number of carbonyl (C=O) groups excluding carboxylic acids is 2. The normalized spacial score (nSPS) is 11.0. The van der Waals surface area contributed by atoms with Crippen LogP contribution in [-0.4, -0.2) is 33.3 Å². The molecule has 2 aromatic carbocycles. The van der Waals surface area contributed by atoms with Gasteiger partial charge in [-0.1, -0.05) is 0 Å². The van der Waals surface area contributed by atoms with Gasteiger partial charge in [0.1, 0.15) is 5.75 Å². The fourth-order valence-electron chi connectivity index (χ4n) is 1.86. The van der Waals surface area contributed by atoms with Gasteiger partial charge in [0.05, 0.1) is 12.0 Å². The predicted molar refractivity (Wildman–Crippen MR) is 81.2 cm³/mol. The van der Waals surface area contributed by atoms with E-state index in [1.54, 1.807) is 12.1 Å². The minimum atomic E-state index is -3.34.